The number of ether oxygens (including phenoxy) is 2. The highest BCUT2D eigenvalue weighted by atomic mass is 16.5. The van der Waals surface area contributed by atoms with Gasteiger partial charge in [-0.05, 0) is 24.8 Å². The number of hydrogen-bond donors (Lipinski definition) is 2. The van der Waals surface area contributed by atoms with E-state index in [1.165, 1.54) is 27.1 Å². The summed E-state index contributed by atoms with van der Waals surface area (Å²) < 4.78 is 10.0. The molecule has 0 aromatic heterocycles. The van der Waals surface area contributed by atoms with E-state index in [9.17, 15) is 4.79 Å². The summed E-state index contributed by atoms with van der Waals surface area (Å²) in [4.78, 5) is 11.7. The lowest BCUT2D eigenvalue weighted by Gasteiger charge is -2.29. The smallest absolute Gasteiger partial charge is 0.341 e. The first-order valence-corrected chi connectivity index (χ1v) is 7.37. The van der Waals surface area contributed by atoms with Crippen LogP contribution in [0.25, 0.3) is 0 Å². The zero-order valence-electron chi connectivity index (χ0n) is 12.9. The first kappa shape index (κ1) is 15.5. The molecule has 0 aliphatic heterocycles. The predicted octanol–water partition coefficient (Wildman–Crippen LogP) is 3.05. The second-order valence-electron chi connectivity index (χ2n) is 5.74. The Morgan fingerprint density at radius 3 is 2.71 bits per heavy atom. The van der Waals surface area contributed by atoms with Gasteiger partial charge in [-0.25, -0.2) is 4.79 Å². The van der Waals surface area contributed by atoms with Crippen molar-refractivity contribution in [2.24, 2.45) is 5.92 Å². The molecule has 21 heavy (non-hydrogen) atoms. The first-order valence-electron chi connectivity index (χ1n) is 7.37. The predicted molar refractivity (Wildman–Crippen MR) is 83.8 cm³/mol. The maximum absolute atomic E-state index is 11.7. The number of nitrogen functional groups attached to an aromatic ring is 1. The zero-order chi connectivity index (χ0) is 15.4. The molecule has 0 radical (unpaired) electrons. The summed E-state index contributed by atoms with van der Waals surface area (Å²) in [7, 11) is 2.87. The lowest BCUT2D eigenvalue weighted by Crippen LogP contribution is -2.26. The van der Waals surface area contributed by atoms with Crippen LogP contribution in [0.3, 0.4) is 0 Å². The van der Waals surface area contributed by atoms with E-state index in [0.717, 1.165) is 24.4 Å². The van der Waals surface area contributed by atoms with Crippen LogP contribution < -0.4 is 15.8 Å². The van der Waals surface area contributed by atoms with E-state index in [0.29, 0.717) is 23.0 Å². The monoisotopic (exact) mass is 292 g/mol. The second kappa shape index (κ2) is 6.70. The molecule has 2 rings (SSSR count). The van der Waals surface area contributed by atoms with Crippen LogP contribution in [0.4, 0.5) is 11.4 Å². The SMILES string of the molecule is COC(=O)c1cc(N)c(NC2CCCC(C)C2)cc1OC. The van der Waals surface area contributed by atoms with Crippen molar-refractivity contribution in [3.8, 4) is 5.75 Å². The first-order chi connectivity index (χ1) is 10.0. The maximum Gasteiger partial charge on any atom is 0.341 e. The Morgan fingerprint density at radius 2 is 2.10 bits per heavy atom. The molecule has 1 aliphatic rings. The third-order valence-corrected chi connectivity index (χ3v) is 4.07. The van der Waals surface area contributed by atoms with Crippen LogP contribution in [-0.4, -0.2) is 26.2 Å². The molecule has 1 aromatic rings. The zero-order valence-corrected chi connectivity index (χ0v) is 12.9. The van der Waals surface area contributed by atoms with Crippen molar-refractivity contribution in [1.82, 2.24) is 0 Å². The summed E-state index contributed by atoms with van der Waals surface area (Å²) in [5.74, 6) is 0.757. The number of carbonyl (C=O) groups excluding carboxylic acids is 1. The molecule has 1 aromatic carbocycles. The molecular weight excluding hydrogens is 268 g/mol. The number of methoxy groups -OCH3 is 2. The Kier molecular flexibility index (Phi) is 4.94. The fourth-order valence-electron chi connectivity index (χ4n) is 2.95. The van der Waals surface area contributed by atoms with E-state index >= 15 is 0 Å². The molecule has 2 unspecified atom stereocenters. The van der Waals surface area contributed by atoms with Gasteiger partial charge in [0.1, 0.15) is 11.3 Å². The van der Waals surface area contributed by atoms with Crippen LogP contribution in [0.15, 0.2) is 12.1 Å². The summed E-state index contributed by atoms with van der Waals surface area (Å²) in [5, 5.41) is 3.48. The summed E-state index contributed by atoms with van der Waals surface area (Å²) in [6.45, 7) is 2.28. The van der Waals surface area contributed by atoms with E-state index in [-0.39, 0.29) is 0 Å². The number of anilines is 2. The Bertz CT molecular complexity index is 516. The summed E-state index contributed by atoms with van der Waals surface area (Å²) in [5.41, 5.74) is 7.77. The third-order valence-electron chi connectivity index (χ3n) is 4.07. The molecule has 116 valence electrons. The number of nitrogens with one attached hydrogen (secondary N) is 1. The van der Waals surface area contributed by atoms with Crippen LogP contribution in [0.5, 0.6) is 5.75 Å². The molecule has 1 fully saturated rings. The van der Waals surface area contributed by atoms with Crippen molar-refractivity contribution in [3.05, 3.63) is 17.7 Å². The molecular formula is C16H24N2O3. The number of esters is 1. The van der Waals surface area contributed by atoms with Crippen molar-refractivity contribution >= 4 is 17.3 Å². The van der Waals surface area contributed by atoms with Gasteiger partial charge >= 0.3 is 5.97 Å². The van der Waals surface area contributed by atoms with E-state index in [2.05, 4.69) is 12.2 Å². The second-order valence-corrected chi connectivity index (χ2v) is 5.74. The fourth-order valence-corrected chi connectivity index (χ4v) is 2.95. The number of nitrogens with two attached hydrogens (primary N) is 1. The Balaban J connectivity index is 2.22. The quantitative estimate of drug-likeness (QED) is 0.659. The number of hydrogen-bond acceptors (Lipinski definition) is 5. The van der Waals surface area contributed by atoms with E-state index in [4.69, 9.17) is 15.2 Å². The van der Waals surface area contributed by atoms with Crippen LogP contribution >= 0.6 is 0 Å². The highest BCUT2D eigenvalue weighted by Crippen LogP contribution is 2.33. The van der Waals surface area contributed by atoms with E-state index in [1.54, 1.807) is 12.1 Å². The average Bonchev–Trinajstić information content (AvgIpc) is 2.48. The number of rotatable bonds is 4. The van der Waals surface area contributed by atoms with Gasteiger partial charge in [0.2, 0.25) is 0 Å². The molecule has 0 amide bonds. The van der Waals surface area contributed by atoms with Gasteiger partial charge in [-0.2, -0.15) is 0 Å². The minimum atomic E-state index is -0.448. The van der Waals surface area contributed by atoms with Gasteiger partial charge in [-0.3, -0.25) is 0 Å². The Morgan fingerprint density at radius 1 is 1.33 bits per heavy atom. The molecule has 1 saturated carbocycles. The maximum atomic E-state index is 11.7. The van der Waals surface area contributed by atoms with Gasteiger partial charge in [-0.1, -0.05) is 19.8 Å². The summed E-state index contributed by atoms with van der Waals surface area (Å²) >= 11 is 0. The molecule has 0 bridgehead atoms. The summed E-state index contributed by atoms with van der Waals surface area (Å²) in [6.07, 6.45) is 4.81. The molecule has 0 heterocycles. The molecule has 3 N–H and O–H groups in total. The minimum absolute atomic E-state index is 0.347. The lowest BCUT2D eigenvalue weighted by atomic mass is 9.87. The van der Waals surface area contributed by atoms with Gasteiger partial charge in [-0.15, -0.1) is 0 Å². The minimum Gasteiger partial charge on any atom is -0.496 e. The molecule has 5 nitrogen and oxygen atoms in total. The van der Waals surface area contributed by atoms with Gasteiger partial charge < -0.3 is 20.5 Å². The highest BCUT2D eigenvalue weighted by Gasteiger charge is 2.21. The molecule has 0 spiro atoms. The van der Waals surface area contributed by atoms with E-state index in [1.807, 2.05) is 0 Å². The topological polar surface area (TPSA) is 73.6 Å². The van der Waals surface area contributed by atoms with Gasteiger partial charge in [0, 0.05) is 12.1 Å². The standard InChI is InChI=1S/C16H24N2O3/c1-10-5-4-6-11(7-10)18-14-9-15(20-2)12(8-13(14)17)16(19)21-3/h8-11,18H,4-7,17H2,1-3H3. The van der Waals surface area contributed by atoms with Crippen molar-refractivity contribution in [3.63, 3.8) is 0 Å². The molecule has 5 heteroatoms. The Hall–Kier alpha value is -1.91. The Labute approximate surface area is 125 Å². The van der Waals surface area contributed by atoms with Crippen molar-refractivity contribution < 1.29 is 14.3 Å². The average molecular weight is 292 g/mol. The van der Waals surface area contributed by atoms with Crippen molar-refractivity contribution in [1.29, 1.82) is 0 Å². The number of carbonyl (C=O) groups is 1. The van der Waals surface area contributed by atoms with Crippen LogP contribution in [0.2, 0.25) is 0 Å². The van der Waals surface area contributed by atoms with Gasteiger partial charge in [0.05, 0.1) is 25.6 Å². The molecule has 0 saturated heterocycles. The third kappa shape index (κ3) is 3.60. The fraction of sp³-hybridized carbons (Fsp3) is 0.562. The van der Waals surface area contributed by atoms with Crippen molar-refractivity contribution in [2.45, 2.75) is 38.6 Å². The molecule has 1 aliphatic carbocycles. The van der Waals surface area contributed by atoms with Crippen LogP contribution in [0, 0.1) is 5.92 Å². The molecule has 2 atom stereocenters. The van der Waals surface area contributed by atoms with Gasteiger partial charge in [0.15, 0.2) is 0 Å². The van der Waals surface area contributed by atoms with E-state index < -0.39 is 5.97 Å². The largest absolute Gasteiger partial charge is 0.496 e. The van der Waals surface area contributed by atoms with Crippen LogP contribution in [0.1, 0.15) is 43.0 Å². The normalized spacial score (nSPS) is 21.7. The van der Waals surface area contributed by atoms with Crippen LogP contribution in [-0.2, 0) is 4.74 Å². The summed E-state index contributed by atoms with van der Waals surface area (Å²) in [6, 6.07) is 3.81. The highest BCUT2D eigenvalue weighted by molar-refractivity contribution is 5.95. The van der Waals surface area contributed by atoms with Gasteiger partial charge in [0.25, 0.3) is 0 Å². The van der Waals surface area contributed by atoms with Crippen molar-refractivity contribution in [2.75, 3.05) is 25.3 Å². The lowest BCUT2D eigenvalue weighted by molar-refractivity contribution is 0.0597. The number of benzene rings is 1.